The molecule has 2 aromatic carbocycles. The van der Waals surface area contributed by atoms with E-state index in [9.17, 15) is 9.59 Å². The zero-order valence-electron chi connectivity index (χ0n) is 15.6. The number of nitrogens with one attached hydrogen (secondary N) is 3. The number of fused-ring (bicyclic) bond motifs is 3. The lowest BCUT2D eigenvalue weighted by atomic mass is 10.2. The Morgan fingerprint density at radius 3 is 2.83 bits per heavy atom. The lowest BCUT2D eigenvalue weighted by Gasteiger charge is -2.07. The van der Waals surface area contributed by atoms with Crippen molar-refractivity contribution in [3.05, 3.63) is 54.1 Å². The van der Waals surface area contributed by atoms with Crippen LogP contribution in [0.5, 0.6) is 0 Å². The Balaban J connectivity index is 1.41. The highest BCUT2D eigenvalue weighted by molar-refractivity contribution is 7.99. The number of H-pyrrole nitrogens is 1. The van der Waals surface area contributed by atoms with Gasteiger partial charge in [-0.1, -0.05) is 36.0 Å². The van der Waals surface area contributed by atoms with Crippen LogP contribution in [0.15, 0.2) is 53.7 Å². The molecule has 4 aromatic rings. The molecule has 8 nitrogen and oxygen atoms in total. The average molecular weight is 406 g/mol. The van der Waals surface area contributed by atoms with Crippen molar-refractivity contribution in [2.24, 2.45) is 0 Å². The van der Waals surface area contributed by atoms with Gasteiger partial charge in [-0.05, 0) is 31.2 Å². The summed E-state index contributed by atoms with van der Waals surface area (Å²) in [6, 6.07) is 14.6. The van der Waals surface area contributed by atoms with E-state index >= 15 is 0 Å². The fourth-order valence-corrected chi connectivity index (χ4v) is 3.48. The molecule has 0 atom stereocenters. The molecule has 29 heavy (non-hydrogen) atoms. The van der Waals surface area contributed by atoms with Crippen molar-refractivity contribution in [2.75, 3.05) is 17.6 Å². The van der Waals surface area contributed by atoms with Crippen LogP contribution in [0.3, 0.4) is 0 Å². The zero-order chi connectivity index (χ0) is 20.2. The van der Waals surface area contributed by atoms with Crippen molar-refractivity contribution >= 4 is 51.3 Å². The quantitative estimate of drug-likeness (QED) is 0.424. The first-order valence-corrected chi connectivity index (χ1v) is 10.0. The number of hydrogen-bond acceptors (Lipinski definition) is 6. The molecule has 4 rings (SSSR count). The Hall–Kier alpha value is -3.46. The Morgan fingerprint density at radius 2 is 1.97 bits per heavy atom. The summed E-state index contributed by atoms with van der Waals surface area (Å²) >= 11 is 1.20. The summed E-state index contributed by atoms with van der Waals surface area (Å²) in [5, 5.41) is 15.2. The van der Waals surface area contributed by atoms with Crippen LogP contribution in [0.4, 0.5) is 5.69 Å². The standard InChI is InChI=1S/C20H18N6O2S/c1-2-21-19(28)12-6-5-7-13(10-12)22-16(27)11-29-20-24-18-17(25-26-20)14-8-3-4-9-15(14)23-18/h3-10H,2,11H2,1H3,(H,21,28)(H,22,27)(H,23,24,26). The minimum absolute atomic E-state index is 0.124. The molecule has 3 N–H and O–H groups in total. The molecule has 0 saturated carbocycles. The second-order valence-electron chi connectivity index (χ2n) is 6.24. The summed E-state index contributed by atoms with van der Waals surface area (Å²) in [6.45, 7) is 2.39. The summed E-state index contributed by atoms with van der Waals surface area (Å²) < 4.78 is 0. The second-order valence-corrected chi connectivity index (χ2v) is 7.18. The number of hydrogen-bond donors (Lipinski definition) is 3. The molecule has 0 spiro atoms. The van der Waals surface area contributed by atoms with Crippen LogP contribution in [0, 0.1) is 0 Å². The third kappa shape index (κ3) is 4.19. The van der Waals surface area contributed by atoms with Gasteiger partial charge in [0.2, 0.25) is 11.1 Å². The molecule has 0 aliphatic heterocycles. The van der Waals surface area contributed by atoms with Crippen LogP contribution in [-0.2, 0) is 4.79 Å². The predicted octanol–water partition coefficient (Wildman–Crippen LogP) is 2.99. The number of para-hydroxylation sites is 1. The van der Waals surface area contributed by atoms with E-state index in [0.29, 0.717) is 34.1 Å². The van der Waals surface area contributed by atoms with Crippen LogP contribution in [0.2, 0.25) is 0 Å². The number of anilines is 1. The van der Waals surface area contributed by atoms with Crippen LogP contribution in [0.1, 0.15) is 17.3 Å². The number of thioether (sulfide) groups is 1. The average Bonchev–Trinajstić information content (AvgIpc) is 3.10. The minimum atomic E-state index is -0.219. The van der Waals surface area contributed by atoms with Gasteiger partial charge in [-0.15, -0.1) is 10.2 Å². The normalized spacial score (nSPS) is 10.9. The molecule has 0 saturated heterocycles. The lowest BCUT2D eigenvalue weighted by Crippen LogP contribution is -2.23. The Morgan fingerprint density at radius 1 is 1.10 bits per heavy atom. The molecule has 9 heteroatoms. The van der Waals surface area contributed by atoms with Gasteiger partial charge in [0.15, 0.2) is 5.65 Å². The third-order valence-corrected chi connectivity index (χ3v) is 5.02. The summed E-state index contributed by atoms with van der Waals surface area (Å²) in [5.41, 5.74) is 3.34. The zero-order valence-corrected chi connectivity index (χ0v) is 16.4. The Kier molecular flexibility index (Phi) is 5.39. The molecule has 0 bridgehead atoms. The summed E-state index contributed by atoms with van der Waals surface area (Å²) in [7, 11) is 0. The molecule has 2 amide bonds. The molecule has 0 aliphatic rings. The van der Waals surface area contributed by atoms with Crippen LogP contribution in [-0.4, -0.2) is 44.3 Å². The SMILES string of the molecule is CCNC(=O)c1cccc(NC(=O)CSc2nnc3c(n2)[nH]c2ccccc23)c1. The maximum atomic E-state index is 12.3. The van der Waals surface area contributed by atoms with Crippen molar-refractivity contribution in [1.82, 2.24) is 25.5 Å². The highest BCUT2D eigenvalue weighted by Crippen LogP contribution is 2.23. The second kappa shape index (κ2) is 8.27. The lowest BCUT2D eigenvalue weighted by molar-refractivity contribution is -0.113. The van der Waals surface area contributed by atoms with E-state index in [0.717, 1.165) is 10.9 Å². The van der Waals surface area contributed by atoms with Crippen molar-refractivity contribution < 1.29 is 9.59 Å². The van der Waals surface area contributed by atoms with Crippen LogP contribution in [0.25, 0.3) is 22.1 Å². The van der Waals surface area contributed by atoms with E-state index in [1.807, 2.05) is 31.2 Å². The van der Waals surface area contributed by atoms with E-state index in [4.69, 9.17) is 0 Å². The maximum absolute atomic E-state index is 12.3. The number of nitrogens with zero attached hydrogens (tertiary/aromatic N) is 3. The fourth-order valence-electron chi connectivity index (χ4n) is 2.89. The molecule has 146 valence electrons. The molecular formula is C20H18N6O2S. The first-order valence-electron chi connectivity index (χ1n) is 9.06. The van der Waals surface area contributed by atoms with E-state index in [1.54, 1.807) is 24.3 Å². The van der Waals surface area contributed by atoms with Crippen LogP contribution >= 0.6 is 11.8 Å². The molecule has 0 radical (unpaired) electrons. The third-order valence-electron chi connectivity index (χ3n) is 4.18. The molecule has 2 aromatic heterocycles. The van der Waals surface area contributed by atoms with Gasteiger partial charge >= 0.3 is 0 Å². The first kappa shape index (κ1) is 18.9. The maximum Gasteiger partial charge on any atom is 0.251 e. The number of carbonyl (C=O) groups is 2. The first-order chi connectivity index (χ1) is 14.1. The fraction of sp³-hybridized carbons (Fsp3) is 0.150. The molecule has 2 heterocycles. The van der Waals surface area contributed by atoms with E-state index in [1.165, 1.54) is 11.8 Å². The van der Waals surface area contributed by atoms with Crippen LogP contribution < -0.4 is 10.6 Å². The predicted molar refractivity (Wildman–Crippen MR) is 113 cm³/mol. The summed E-state index contributed by atoms with van der Waals surface area (Å²) in [5.74, 6) is -0.272. The molecule has 0 unspecified atom stereocenters. The van der Waals surface area contributed by atoms with E-state index in [-0.39, 0.29) is 17.6 Å². The topological polar surface area (TPSA) is 113 Å². The van der Waals surface area contributed by atoms with Gasteiger partial charge in [-0.3, -0.25) is 9.59 Å². The van der Waals surface area contributed by atoms with Crippen molar-refractivity contribution in [2.45, 2.75) is 12.1 Å². The monoisotopic (exact) mass is 406 g/mol. The van der Waals surface area contributed by atoms with Gasteiger partial charge in [0.05, 0.1) is 5.75 Å². The van der Waals surface area contributed by atoms with Gasteiger partial charge < -0.3 is 15.6 Å². The minimum Gasteiger partial charge on any atom is -0.352 e. The number of aromatic nitrogens is 4. The number of amides is 2. The molecule has 0 aliphatic carbocycles. The Labute approximate surface area is 170 Å². The molecule has 0 fully saturated rings. The Bertz CT molecular complexity index is 1210. The van der Waals surface area contributed by atoms with Gasteiger partial charge in [0.1, 0.15) is 5.52 Å². The van der Waals surface area contributed by atoms with Gasteiger partial charge in [-0.2, -0.15) is 0 Å². The van der Waals surface area contributed by atoms with Crippen molar-refractivity contribution in [3.63, 3.8) is 0 Å². The number of rotatable bonds is 6. The summed E-state index contributed by atoms with van der Waals surface area (Å²) in [6.07, 6.45) is 0. The molecular weight excluding hydrogens is 388 g/mol. The van der Waals surface area contributed by atoms with Crippen molar-refractivity contribution in [1.29, 1.82) is 0 Å². The largest absolute Gasteiger partial charge is 0.352 e. The van der Waals surface area contributed by atoms with Gasteiger partial charge in [-0.25, -0.2) is 4.98 Å². The van der Waals surface area contributed by atoms with E-state index < -0.39 is 0 Å². The smallest absolute Gasteiger partial charge is 0.251 e. The number of aromatic amines is 1. The van der Waals surface area contributed by atoms with E-state index in [2.05, 4.69) is 30.8 Å². The number of benzene rings is 2. The highest BCUT2D eigenvalue weighted by atomic mass is 32.2. The summed E-state index contributed by atoms with van der Waals surface area (Å²) in [4.78, 5) is 31.8. The van der Waals surface area contributed by atoms with Crippen molar-refractivity contribution in [3.8, 4) is 0 Å². The number of carbonyl (C=O) groups excluding carboxylic acids is 2. The van der Waals surface area contributed by atoms with Gasteiger partial charge in [0.25, 0.3) is 5.91 Å². The van der Waals surface area contributed by atoms with Gasteiger partial charge in [0, 0.05) is 28.7 Å². The highest BCUT2D eigenvalue weighted by Gasteiger charge is 2.11.